The second-order valence-electron chi connectivity index (χ2n) is 4.58. The maximum atomic E-state index is 12.9. The monoisotopic (exact) mass is 332 g/mol. The molecule has 0 saturated carbocycles. The number of rotatable bonds is 4. The van der Waals surface area contributed by atoms with Crippen LogP contribution in [0, 0.1) is 0 Å². The number of aliphatic hydroxyl groups is 1. The molecule has 4 nitrogen and oxygen atoms in total. The molecule has 112 valence electrons. The molecule has 0 saturated heterocycles. The van der Waals surface area contributed by atoms with E-state index < -0.39 is 0 Å². The SMILES string of the molecule is O=c1c2ccccc2nc(SCCO)n1-c1ccccc1Cl. The van der Waals surface area contributed by atoms with Crippen molar-refractivity contribution in [3.63, 3.8) is 0 Å². The molecule has 0 radical (unpaired) electrons. The molecule has 2 aromatic carbocycles. The molecule has 6 heteroatoms. The number of thioether (sulfide) groups is 1. The lowest BCUT2D eigenvalue weighted by Gasteiger charge is -2.13. The normalized spacial score (nSPS) is 11.0. The average Bonchev–Trinajstić information content (AvgIpc) is 2.54. The zero-order valence-corrected chi connectivity index (χ0v) is 13.1. The van der Waals surface area contributed by atoms with E-state index in [2.05, 4.69) is 4.98 Å². The highest BCUT2D eigenvalue weighted by atomic mass is 35.5. The topological polar surface area (TPSA) is 55.1 Å². The lowest BCUT2D eigenvalue weighted by molar-refractivity contribution is 0.322. The van der Waals surface area contributed by atoms with Crippen LogP contribution in [0.5, 0.6) is 0 Å². The number of hydrogen-bond acceptors (Lipinski definition) is 4. The van der Waals surface area contributed by atoms with Gasteiger partial charge in [-0.25, -0.2) is 4.98 Å². The summed E-state index contributed by atoms with van der Waals surface area (Å²) in [6.07, 6.45) is 0. The summed E-state index contributed by atoms with van der Waals surface area (Å²) in [7, 11) is 0. The Balaban J connectivity index is 2.33. The minimum absolute atomic E-state index is 0.00981. The Morgan fingerprint density at radius 1 is 1.14 bits per heavy atom. The number of aromatic nitrogens is 2. The van der Waals surface area contributed by atoms with E-state index in [0.717, 1.165) is 0 Å². The first-order chi connectivity index (χ1) is 10.7. The van der Waals surface area contributed by atoms with E-state index in [1.165, 1.54) is 16.3 Å². The number of nitrogens with zero attached hydrogens (tertiary/aromatic N) is 2. The van der Waals surface area contributed by atoms with Crippen molar-refractivity contribution in [3.05, 3.63) is 63.9 Å². The van der Waals surface area contributed by atoms with Crippen molar-refractivity contribution >= 4 is 34.3 Å². The van der Waals surface area contributed by atoms with Crippen molar-refractivity contribution in [1.82, 2.24) is 9.55 Å². The molecule has 0 fully saturated rings. The molecule has 3 aromatic rings. The standard InChI is InChI=1S/C16H13ClN2O2S/c17-12-6-2-4-8-14(12)19-15(21)11-5-1-3-7-13(11)18-16(19)22-10-9-20/h1-8,20H,9-10H2. The Morgan fingerprint density at radius 2 is 1.86 bits per heavy atom. The van der Waals surface area contributed by atoms with Gasteiger partial charge >= 0.3 is 0 Å². The molecule has 0 aliphatic heterocycles. The summed E-state index contributed by atoms with van der Waals surface area (Å²) in [5.41, 5.74) is 1.06. The van der Waals surface area contributed by atoms with E-state index in [9.17, 15) is 4.79 Å². The van der Waals surface area contributed by atoms with Gasteiger partial charge in [0.15, 0.2) is 5.16 Å². The molecule has 0 amide bonds. The van der Waals surface area contributed by atoms with Crippen molar-refractivity contribution in [2.24, 2.45) is 0 Å². The largest absolute Gasteiger partial charge is 0.396 e. The lowest BCUT2D eigenvalue weighted by atomic mass is 10.2. The van der Waals surface area contributed by atoms with Gasteiger partial charge in [0.2, 0.25) is 0 Å². The van der Waals surface area contributed by atoms with Crippen LogP contribution in [0.4, 0.5) is 0 Å². The first kappa shape index (κ1) is 15.1. The molecule has 0 aliphatic carbocycles. The van der Waals surface area contributed by atoms with Crippen LogP contribution < -0.4 is 5.56 Å². The van der Waals surface area contributed by atoms with Gasteiger partial charge in [0.25, 0.3) is 5.56 Å². The first-order valence-electron chi connectivity index (χ1n) is 6.72. The Bertz CT molecular complexity index is 879. The Kier molecular flexibility index (Phi) is 4.47. The van der Waals surface area contributed by atoms with Gasteiger partial charge in [0.05, 0.1) is 28.2 Å². The van der Waals surface area contributed by atoms with Crippen molar-refractivity contribution < 1.29 is 5.11 Å². The van der Waals surface area contributed by atoms with Crippen molar-refractivity contribution in [2.75, 3.05) is 12.4 Å². The summed E-state index contributed by atoms with van der Waals surface area (Å²) < 4.78 is 1.50. The Hall–Kier alpha value is -1.82. The number of para-hydroxylation sites is 2. The third-order valence-corrected chi connectivity index (χ3v) is 4.40. The molecular weight excluding hydrogens is 320 g/mol. The average molecular weight is 333 g/mol. The summed E-state index contributed by atoms with van der Waals surface area (Å²) in [6, 6.07) is 14.4. The molecule has 0 spiro atoms. The van der Waals surface area contributed by atoms with Crippen molar-refractivity contribution in [2.45, 2.75) is 5.16 Å². The van der Waals surface area contributed by atoms with Gasteiger partial charge in [0, 0.05) is 5.75 Å². The molecule has 0 unspecified atom stereocenters. The summed E-state index contributed by atoms with van der Waals surface area (Å²) in [5, 5.41) is 10.6. The van der Waals surface area contributed by atoms with E-state index in [1.807, 2.05) is 24.3 Å². The highest BCUT2D eigenvalue weighted by Gasteiger charge is 2.14. The third kappa shape index (κ3) is 2.75. The van der Waals surface area contributed by atoms with Crippen LogP contribution in [-0.4, -0.2) is 27.0 Å². The third-order valence-electron chi connectivity index (χ3n) is 3.16. The van der Waals surface area contributed by atoms with Gasteiger partial charge in [-0.3, -0.25) is 9.36 Å². The minimum Gasteiger partial charge on any atom is -0.396 e. The molecule has 0 bridgehead atoms. The quantitative estimate of drug-likeness (QED) is 0.589. The number of fused-ring (bicyclic) bond motifs is 1. The molecule has 0 atom stereocenters. The summed E-state index contributed by atoms with van der Waals surface area (Å²) >= 11 is 7.56. The predicted octanol–water partition coefficient (Wildman–Crippen LogP) is 3.12. The summed E-state index contributed by atoms with van der Waals surface area (Å²) in [6.45, 7) is 0.00981. The minimum atomic E-state index is -0.167. The maximum Gasteiger partial charge on any atom is 0.266 e. The number of benzene rings is 2. The van der Waals surface area contributed by atoms with Crippen LogP contribution in [-0.2, 0) is 0 Å². The van der Waals surface area contributed by atoms with Crippen LogP contribution in [0.3, 0.4) is 0 Å². The Labute approximate surface area is 136 Å². The predicted molar refractivity (Wildman–Crippen MR) is 90.2 cm³/mol. The highest BCUT2D eigenvalue weighted by Crippen LogP contribution is 2.25. The summed E-state index contributed by atoms with van der Waals surface area (Å²) in [4.78, 5) is 17.4. The number of aliphatic hydroxyl groups excluding tert-OH is 1. The maximum absolute atomic E-state index is 12.9. The van der Waals surface area contributed by atoms with Gasteiger partial charge in [-0.05, 0) is 24.3 Å². The molecule has 1 aromatic heterocycles. The van der Waals surface area contributed by atoms with Crippen LogP contribution in [0.25, 0.3) is 16.6 Å². The van der Waals surface area contributed by atoms with Gasteiger partial charge in [-0.15, -0.1) is 0 Å². The van der Waals surface area contributed by atoms with E-state index in [4.69, 9.17) is 16.7 Å². The zero-order valence-electron chi connectivity index (χ0n) is 11.6. The van der Waals surface area contributed by atoms with Crippen LogP contribution in [0.2, 0.25) is 5.02 Å². The highest BCUT2D eigenvalue weighted by molar-refractivity contribution is 7.99. The van der Waals surface area contributed by atoms with Gasteiger partial charge in [0.1, 0.15) is 0 Å². The second kappa shape index (κ2) is 6.52. The fourth-order valence-corrected chi connectivity index (χ4v) is 3.16. The van der Waals surface area contributed by atoms with E-state index >= 15 is 0 Å². The fourth-order valence-electron chi connectivity index (χ4n) is 2.19. The molecule has 1 heterocycles. The Morgan fingerprint density at radius 3 is 2.64 bits per heavy atom. The van der Waals surface area contributed by atoms with Crippen molar-refractivity contribution in [1.29, 1.82) is 0 Å². The second-order valence-corrected chi connectivity index (χ2v) is 6.04. The number of halogens is 1. The first-order valence-corrected chi connectivity index (χ1v) is 8.09. The van der Waals surface area contributed by atoms with Gasteiger partial charge < -0.3 is 5.11 Å². The summed E-state index contributed by atoms with van der Waals surface area (Å²) in [5.74, 6) is 0.454. The molecule has 1 N–H and O–H groups in total. The van der Waals surface area contributed by atoms with Gasteiger partial charge in [-0.1, -0.05) is 47.6 Å². The zero-order chi connectivity index (χ0) is 15.5. The lowest BCUT2D eigenvalue weighted by Crippen LogP contribution is -2.22. The van der Waals surface area contributed by atoms with E-state index in [0.29, 0.717) is 32.5 Å². The molecule has 0 aliphatic rings. The fraction of sp³-hybridized carbons (Fsp3) is 0.125. The number of hydrogen-bond donors (Lipinski definition) is 1. The molecule has 3 rings (SSSR count). The molecular formula is C16H13ClN2O2S. The van der Waals surface area contributed by atoms with Crippen molar-refractivity contribution in [3.8, 4) is 5.69 Å². The smallest absolute Gasteiger partial charge is 0.266 e. The van der Waals surface area contributed by atoms with Crippen LogP contribution in [0.1, 0.15) is 0 Å². The van der Waals surface area contributed by atoms with E-state index in [1.54, 1.807) is 24.3 Å². The molecule has 22 heavy (non-hydrogen) atoms. The van der Waals surface area contributed by atoms with E-state index in [-0.39, 0.29) is 12.2 Å². The van der Waals surface area contributed by atoms with Gasteiger partial charge in [-0.2, -0.15) is 0 Å². The van der Waals surface area contributed by atoms with Crippen LogP contribution >= 0.6 is 23.4 Å². The van der Waals surface area contributed by atoms with Crippen LogP contribution in [0.15, 0.2) is 58.5 Å².